The molecule has 0 bridgehead atoms. The molecule has 1 aromatic heterocycles. The van der Waals surface area contributed by atoms with Crippen molar-refractivity contribution in [2.75, 3.05) is 16.0 Å². The third-order valence-corrected chi connectivity index (χ3v) is 11.3. The van der Waals surface area contributed by atoms with Crippen LogP contribution in [0.15, 0.2) is 180 Å². The highest BCUT2D eigenvalue weighted by Gasteiger charge is 2.23. The highest BCUT2D eigenvalue weighted by molar-refractivity contribution is 5.88. The number of carbonyl (C=O) groups excluding carboxylic acids is 6. The van der Waals surface area contributed by atoms with Gasteiger partial charge in [-0.1, -0.05) is 74.3 Å². The van der Waals surface area contributed by atoms with E-state index < -0.39 is 53.3 Å². The summed E-state index contributed by atoms with van der Waals surface area (Å²) < 4.78 is 33.7. The Morgan fingerprint density at radius 1 is 0.397 bits per heavy atom. The molecule has 3 amide bonds. The van der Waals surface area contributed by atoms with Crippen LogP contribution in [-0.4, -0.2) is 49.9 Å². The summed E-state index contributed by atoms with van der Waals surface area (Å²) in [6.07, 6.45) is 0.331. The molecule has 0 aliphatic heterocycles. The van der Waals surface area contributed by atoms with Crippen molar-refractivity contribution in [1.82, 2.24) is 13.7 Å². The predicted octanol–water partition coefficient (Wildman–Crippen LogP) is 8.58. The first-order chi connectivity index (χ1) is 37.4. The molecule has 21 nitrogen and oxygen atoms in total. The molecule has 0 atom stereocenters. The van der Waals surface area contributed by atoms with Gasteiger partial charge in [0.15, 0.2) is 0 Å². The molecule has 396 valence electrons. The molecular weight excluding hydrogens is 1010 g/mol. The van der Waals surface area contributed by atoms with E-state index in [1.165, 1.54) is 91.0 Å². The topological polar surface area (TPSA) is 260 Å². The van der Waals surface area contributed by atoms with Crippen LogP contribution in [0.4, 0.5) is 31.4 Å². The van der Waals surface area contributed by atoms with Crippen LogP contribution in [0.2, 0.25) is 0 Å². The maximum Gasteiger partial charge on any atom is 0.411 e. The molecule has 0 saturated carbocycles. The van der Waals surface area contributed by atoms with Crippen LogP contribution in [0.25, 0.3) is 17.1 Å². The number of nitrogens with one attached hydrogen (secondary N) is 3. The Kier molecular flexibility index (Phi) is 17.6. The van der Waals surface area contributed by atoms with E-state index in [0.717, 1.165) is 18.2 Å². The van der Waals surface area contributed by atoms with Gasteiger partial charge in [0, 0.05) is 35.3 Å². The molecule has 7 aromatic rings. The number of aromatic nitrogens is 3. The van der Waals surface area contributed by atoms with E-state index in [0.29, 0.717) is 47.1 Å². The summed E-state index contributed by atoms with van der Waals surface area (Å²) in [6.45, 7) is 14.5. The molecule has 6 aromatic carbocycles. The van der Waals surface area contributed by atoms with Crippen molar-refractivity contribution in [3.8, 4) is 34.3 Å². The quantitative estimate of drug-likeness (QED) is 0.0315. The lowest BCUT2D eigenvalue weighted by atomic mass is 10.1. The minimum atomic E-state index is -1.15. The van der Waals surface area contributed by atoms with E-state index in [-0.39, 0.29) is 71.2 Å². The van der Waals surface area contributed by atoms with Gasteiger partial charge in [-0.2, -0.15) is 0 Å². The van der Waals surface area contributed by atoms with Crippen LogP contribution in [-0.2, 0) is 48.4 Å². The SMILES string of the molecule is C=CC(=O)Oc1ccc(COC(=O)Nc2cc(-n3c(=O)n(-c4ccc(C)c(NC(=O)OCc5ccc(OC(=O)C=C)cc5)c4)c(=O)n(-c4ccc(C)c(NC(=O)OCc5ccc(OC(=O)C=C)cc5)c4)c3=O)ccc2C)cc1. The lowest BCUT2D eigenvalue weighted by Gasteiger charge is -2.18. The van der Waals surface area contributed by atoms with Crippen molar-refractivity contribution < 1.29 is 57.2 Å². The minimum Gasteiger partial charge on any atom is -0.444 e. The van der Waals surface area contributed by atoms with Gasteiger partial charge < -0.3 is 28.4 Å². The molecule has 0 aliphatic carbocycles. The van der Waals surface area contributed by atoms with Gasteiger partial charge in [0.1, 0.15) is 37.1 Å². The van der Waals surface area contributed by atoms with Gasteiger partial charge in [0.2, 0.25) is 0 Å². The van der Waals surface area contributed by atoms with Crippen molar-refractivity contribution in [3.05, 3.63) is 230 Å². The van der Waals surface area contributed by atoms with Gasteiger partial charge in [-0.25, -0.2) is 56.9 Å². The summed E-state index contributed by atoms with van der Waals surface area (Å²) in [5.41, 5.74) is -0.245. The van der Waals surface area contributed by atoms with E-state index in [1.807, 2.05) is 0 Å². The zero-order valence-corrected chi connectivity index (χ0v) is 42.1. The number of esters is 3. The summed E-state index contributed by atoms with van der Waals surface area (Å²) in [5.74, 6) is -1.19. The standard InChI is InChI=1S/C57H48N6O15/c1-7-49(64)76-43-22-13-37(14-23-43)31-73-52(67)58-46-28-40(19-10-34(46)4)61-55(70)62(41-20-11-35(5)47(29-41)59-53(68)74-32-38-15-24-44(25-16-38)77-50(65)8-2)57(72)63(56(61)71)42-21-12-36(6)48(30-42)60-54(69)75-33-39-17-26-45(27-18-39)78-51(66)9-3/h7-30H,1-3,31-33H2,4-6H3,(H,58,67)(H,59,68)(H,60,69). The third kappa shape index (κ3) is 13.9. The van der Waals surface area contributed by atoms with Gasteiger partial charge in [-0.05, 0) is 127 Å². The van der Waals surface area contributed by atoms with E-state index >= 15 is 0 Å². The number of anilines is 3. The summed E-state index contributed by atoms with van der Waals surface area (Å²) in [5, 5.41) is 7.88. The number of hydrogen-bond acceptors (Lipinski definition) is 15. The Bertz CT molecular complexity index is 3280. The van der Waals surface area contributed by atoms with Crippen LogP contribution in [0.3, 0.4) is 0 Å². The van der Waals surface area contributed by atoms with Crippen molar-refractivity contribution in [2.45, 2.75) is 40.6 Å². The molecule has 0 aliphatic rings. The smallest absolute Gasteiger partial charge is 0.411 e. The molecule has 21 heteroatoms. The fourth-order valence-electron chi connectivity index (χ4n) is 7.18. The maximum atomic E-state index is 14.8. The predicted molar refractivity (Wildman–Crippen MR) is 286 cm³/mol. The largest absolute Gasteiger partial charge is 0.444 e. The third-order valence-electron chi connectivity index (χ3n) is 11.3. The Balaban J connectivity index is 1.21. The van der Waals surface area contributed by atoms with E-state index in [4.69, 9.17) is 28.4 Å². The number of nitrogens with zero attached hydrogens (tertiary/aromatic N) is 3. The van der Waals surface area contributed by atoms with Crippen molar-refractivity contribution in [2.24, 2.45) is 0 Å². The number of hydrogen-bond donors (Lipinski definition) is 3. The maximum absolute atomic E-state index is 14.8. The fraction of sp³-hybridized carbons (Fsp3) is 0.105. The van der Waals surface area contributed by atoms with E-state index in [1.54, 1.807) is 57.2 Å². The van der Waals surface area contributed by atoms with Crippen LogP contribution in [0.5, 0.6) is 17.2 Å². The van der Waals surface area contributed by atoms with Gasteiger partial charge in [0.25, 0.3) is 0 Å². The van der Waals surface area contributed by atoms with Crippen LogP contribution < -0.4 is 47.2 Å². The van der Waals surface area contributed by atoms with Gasteiger partial charge in [-0.3, -0.25) is 16.0 Å². The van der Waals surface area contributed by atoms with Crippen LogP contribution in [0.1, 0.15) is 33.4 Å². The lowest BCUT2D eigenvalue weighted by molar-refractivity contribution is -0.129. The van der Waals surface area contributed by atoms with Crippen molar-refractivity contribution in [1.29, 1.82) is 0 Å². The highest BCUT2D eigenvalue weighted by Crippen LogP contribution is 2.24. The second kappa shape index (κ2) is 24.9. The first kappa shape index (κ1) is 54.9. The molecule has 7 rings (SSSR count). The second-order valence-electron chi connectivity index (χ2n) is 16.8. The first-order valence-corrected chi connectivity index (χ1v) is 23.4. The summed E-state index contributed by atoms with van der Waals surface area (Å²) in [4.78, 5) is 119. The van der Waals surface area contributed by atoms with Crippen molar-refractivity contribution >= 4 is 53.2 Å². The number of ether oxygens (including phenoxy) is 6. The molecule has 1 heterocycles. The fourth-order valence-corrected chi connectivity index (χ4v) is 7.18. The normalized spacial score (nSPS) is 10.5. The van der Waals surface area contributed by atoms with Crippen molar-refractivity contribution in [3.63, 3.8) is 0 Å². The molecule has 78 heavy (non-hydrogen) atoms. The van der Waals surface area contributed by atoms with E-state index in [9.17, 15) is 43.2 Å². The molecule has 0 fully saturated rings. The number of aryl methyl sites for hydroxylation is 3. The Morgan fingerprint density at radius 2 is 0.641 bits per heavy atom. The molecule has 3 N–H and O–H groups in total. The zero-order valence-electron chi connectivity index (χ0n) is 42.1. The van der Waals surface area contributed by atoms with Gasteiger partial charge >= 0.3 is 53.3 Å². The lowest BCUT2D eigenvalue weighted by Crippen LogP contribution is -2.52. The molecule has 0 radical (unpaired) electrons. The summed E-state index contributed by atoms with van der Waals surface area (Å²) in [6, 6.07) is 31.4. The average molecular weight is 1060 g/mol. The monoisotopic (exact) mass is 1060 g/mol. The molecule has 0 saturated heterocycles. The van der Waals surface area contributed by atoms with E-state index in [2.05, 4.69) is 35.7 Å². The minimum absolute atomic E-state index is 0.0973. The molecule has 0 unspecified atom stereocenters. The molecular formula is C57H48N6O15. The summed E-state index contributed by atoms with van der Waals surface area (Å²) >= 11 is 0. The molecule has 0 spiro atoms. The van der Waals surface area contributed by atoms with Crippen LogP contribution in [0, 0.1) is 20.8 Å². The number of carbonyl (C=O) groups is 6. The van der Waals surface area contributed by atoms with Gasteiger partial charge in [-0.15, -0.1) is 0 Å². The number of rotatable bonds is 18. The number of benzene rings is 6. The van der Waals surface area contributed by atoms with Crippen LogP contribution >= 0.6 is 0 Å². The zero-order chi connectivity index (χ0) is 56.0. The number of amides is 3. The second-order valence-corrected chi connectivity index (χ2v) is 16.8. The Hall–Kier alpha value is -10.8. The van der Waals surface area contributed by atoms with Gasteiger partial charge in [0.05, 0.1) is 17.1 Å². The Morgan fingerprint density at radius 3 is 0.872 bits per heavy atom. The Labute approximate surface area is 443 Å². The average Bonchev–Trinajstić information content (AvgIpc) is 3.45. The first-order valence-electron chi connectivity index (χ1n) is 23.4. The summed E-state index contributed by atoms with van der Waals surface area (Å²) in [7, 11) is 0. The highest BCUT2D eigenvalue weighted by atomic mass is 16.6.